The summed E-state index contributed by atoms with van der Waals surface area (Å²) in [6.07, 6.45) is 7.03. The van der Waals surface area contributed by atoms with Gasteiger partial charge >= 0.3 is 0 Å². The molecule has 6 heteroatoms. The standard InChI is InChI=1S/C21H26N2O3S/c24-20(22-17-8-2-1-3-9-17)14-27-15-21(25)23-19-11-5-4-7-16(19)13-18-10-6-12-26-18/h1-3,6,8-10,12,16,19H,4-5,7,11,13-15H2,(H,22,24)(H,23,25)/t16-,19-/m1/s1. The minimum atomic E-state index is -0.0904. The van der Waals surface area contributed by atoms with Gasteiger partial charge in [0, 0.05) is 18.2 Å². The Labute approximate surface area is 164 Å². The number of benzene rings is 1. The quantitative estimate of drug-likeness (QED) is 0.722. The van der Waals surface area contributed by atoms with Gasteiger partial charge < -0.3 is 15.1 Å². The van der Waals surface area contributed by atoms with Crippen LogP contribution in [0.3, 0.4) is 0 Å². The first-order valence-electron chi connectivity index (χ1n) is 9.45. The van der Waals surface area contributed by atoms with Crippen LogP contribution in [0.5, 0.6) is 0 Å². The lowest BCUT2D eigenvalue weighted by molar-refractivity contribution is -0.119. The number of hydrogen-bond donors (Lipinski definition) is 2. The van der Waals surface area contributed by atoms with E-state index in [2.05, 4.69) is 10.6 Å². The van der Waals surface area contributed by atoms with E-state index in [0.29, 0.717) is 11.7 Å². The van der Waals surface area contributed by atoms with Gasteiger partial charge in [-0.3, -0.25) is 9.59 Å². The molecule has 0 aliphatic heterocycles. The molecular formula is C21H26N2O3S. The molecule has 0 unspecified atom stereocenters. The summed E-state index contributed by atoms with van der Waals surface area (Å²) in [5, 5.41) is 6.00. The van der Waals surface area contributed by atoms with Crippen LogP contribution in [0.2, 0.25) is 0 Å². The van der Waals surface area contributed by atoms with Crippen LogP contribution in [0.1, 0.15) is 31.4 Å². The predicted octanol–water partition coefficient (Wildman–Crippen LogP) is 3.87. The number of carbonyl (C=O) groups excluding carboxylic acids is 2. The van der Waals surface area contributed by atoms with E-state index in [-0.39, 0.29) is 23.6 Å². The van der Waals surface area contributed by atoms with Crippen LogP contribution in [-0.2, 0) is 16.0 Å². The highest BCUT2D eigenvalue weighted by Crippen LogP contribution is 2.28. The Morgan fingerprint density at radius 2 is 1.78 bits per heavy atom. The second-order valence-corrected chi connectivity index (χ2v) is 7.89. The van der Waals surface area contributed by atoms with Gasteiger partial charge in [-0.05, 0) is 43.0 Å². The van der Waals surface area contributed by atoms with Gasteiger partial charge in [-0.25, -0.2) is 0 Å². The van der Waals surface area contributed by atoms with Crippen molar-refractivity contribution in [2.45, 2.75) is 38.1 Å². The maximum Gasteiger partial charge on any atom is 0.234 e. The summed E-state index contributed by atoms with van der Waals surface area (Å²) in [7, 11) is 0. The molecule has 1 aromatic carbocycles. The first-order chi connectivity index (χ1) is 13.2. The molecule has 144 valence electrons. The van der Waals surface area contributed by atoms with Crippen LogP contribution in [0.4, 0.5) is 5.69 Å². The summed E-state index contributed by atoms with van der Waals surface area (Å²) in [6.45, 7) is 0. The summed E-state index contributed by atoms with van der Waals surface area (Å²) in [5.74, 6) is 1.87. The normalized spacial score (nSPS) is 19.4. The van der Waals surface area contributed by atoms with Gasteiger partial charge in [-0.1, -0.05) is 31.0 Å². The smallest absolute Gasteiger partial charge is 0.234 e. The van der Waals surface area contributed by atoms with Crippen LogP contribution in [0, 0.1) is 5.92 Å². The van der Waals surface area contributed by atoms with Crippen molar-refractivity contribution in [2.75, 3.05) is 16.8 Å². The first-order valence-corrected chi connectivity index (χ1v) is 10.6. The van der Waals surface area contributed by atoms with Gasteiger partial charge in [0.25, 0.3) is 0 Å². The lowest BCUT2D eigenvalue weighted by Gasteiger charge is -2.31. The molecule has 0 spiro atoms. The summed E-state index contributed by atoms with van der Waals surface area (Å²) >= 11 is 1.34. The summed E-state index contributed by atoms with van der Waals surface area (Å²) in [6, 6.07) is 13.4. The Bertz CT molecular complexity index is 718. The third kappa shape index (κ3) is 6.47. The third-order valence-electron chi connectivity index (χ3n) is 4.82. The van der Waals surface area contributed by atoms with E-state index in [1.165, 1.54) is 18.2 Å². The van der Waals surface area contributed by atoms with E-state index >= 15 is 0 Å². The molecular weight excluding hydrogens is 360 g/mol. The van der Waals surface area contributed by atoms with Crippen molar-refractivity contribution in [2.24, 2.45) is 5.92 Å². The van der Waals surface area contributed by atoms with Crippen molar-refractivity contribution in [3.63, 3.8) is 0 Å². The van der Waals surface area contributed by atoms with Gasteiger partial charge in [-0.2, -0.15) is 0 Å². The van der Waals surface area contributed by atoms with Crippen LogP contribution in [0.25, 0.3) is 0 Å². The summed E-state index contributed by atoms with van der Waals surface area (Å²) in [4.78, 5) is 24.3. The lowest BCUT2D eigenvalue weighted by atomic mass is 9.82. The molecule has 0 bridgehead atoms. The van der Waals surface area contributed by atoms with Gasteiger partial charge in [0.1, 0.15) is 5.76 Å². The number of amides is 2. The number of thioether (sulfide) groups is 1. The predicted molar refractivity (Wildman–Crippen MR) is 109 cm³/mol. The fourth-order valence-electron chi connectivity index (χ4n) is 3.53. The van der Waals surface area contributed by atoms with Crippen molar-refractivity contribution < 1.29 is 14.0 Å². The zero-order chi connectivity index (χ0) is 18.9. The number of hydrogen-bond acceptors (Lipinski definition) is 4. The van der Waals surface area contributed by atoms with Gasteiger partial charge in [0.2, 0.25) is 11.8 Å². The maximum absolute atomic E-state index is 12.3. The number of para-hydroxylation sites is 1. The third-order valence-corrected chi connectivity index (χ3v) is 5.76. The Morgan fingerprint density at radius 3 is 2.56 bits per heavy atom. The minimum Gasteiger partial charge on any atom is -0.469 e. The number of carbonyl (C=O) groups is 2. The SMILES string of the molecule is O=C(CSCC(=O)N[C@@H]1CCCC[C@@H]1Cc1ccco1)Nc1ccccc1. The van der Waals surface area contributed by atoms with E-state index in [1.807, 2.05) is 42.5 Å². The van der Waals surface area contributed by atoms with E-state index in [1.54, 1.807) is 6.26 Å². The highest BCUT2D eigenvalue weighted by molar-refractivity contribution is 8.00. The Balaban J connectivity index is 1.39. The Kier molecular flexibility index (Phi) is 7.39. The van der Waals surface area contributed by atoms with E-state index < -0.39 is 0 Å². The van der Waals surface area contributed by atoms with Crippen LogP contribution >= 0.6 is 11.8 Å². The molecule has 1 fully saturated rings. The average molecular weight is 387 g/mol. The van der Waals surface area contributed by atoms with Crippen molar-refractivity contribution >= 4 is 29.3 Å². The highest BCUT2D eigenvalue weighted by atomic mass is 32.2. The minimum absolute atomic E-state index is 0.00357. The molecule has 2 amide bonds. The Hall–Kier alpha value is -2.21. The molecule has 1 saturated carbocycles. The second-order valence-electron chi connectivity index (χ2n) is 6.91. The first kappa shape index (κ1) is 19.5. The van der Waals surface area contributed by atoms with Crippen LogP contribution < -0.4 is 10.6 Å². The molecule has 5 nitrogen and oxygen atoms in total. The zero-order valence-corrected chi connectivity index (χ0v) is 16.2. The molecule has 27 heavy (non-hydrogen) atoms. The fourth-order valence-corrected chi connectivity index (χ4v) is 4.16. The van der Waals surface area contributed by atoms with E-state index in [0.717, 1.165) is 37.1 Å². The van der Waals surface area contributed by atoms with Crippen molar-refractivity contribution in [1.29, 1.82) is 0 Å². The topological polar surface area (TPSA) is 71.3 Å². The lowest BCUT2D eigenvalue weighted by Crippen LogP contribution is -2.43. The molecule has 3 rings (SSSR count). The second kappa shape index (κ2) is 10.2. The van der Waals surface area contributed by atoms with E-state index in [4.69, 9.17) is 4.42 Å². The largest absolute Gasteiger partial charge is 0.469 e. The molecule has 2 N–H and O–H groups in total. The Morgan fingerprint density at radius 1 is 1.00 bits per heavy atom. The molecule has 1 aliphatic rings. The number of rotatable bonds is 8. The van der Waals surface area contributed by atoms with Gasteiger partial charge in [0.05, 0.1) is 17.8 Å². The molecule has 2 aromatic rings. The van der Waals surface area contributed by atoms with Crippen LogP contribution in [-0.4, -0.2) is 29.4 Å². The molecule has 0 radical (unpaired) electrons. The molecule has 0 saturated heterocycles. The molecule has 2 atom stereocenters. The monoisotopic (exact) mass is 386 g/mol. The summed E-state index contributed by atoms with van der Waals surface area (Å²) < 4.78 is 5.47. The molecule has 1 aliphatic carbocycles. The number of nitrogens with one attached hydrogen (secondary N) is 2. The highest BCUT2D eigenvalue weighted by Gasteiger charge is 2.27. The van der Waals surface area contributed by atoms with Crippen LogP contribution in [0.15, 0.2) is 53.1 Å². The fraction of sp³-hybridized carbons (Fsp3) is 0.429. The van der Waals surface area contributed by atoms with Crippen molar-refractivity contribution in [3.05, 3.63) is 54.5 Å². The number of furan rings is 1. The van der Waals surface area contributed by atoms with Gasteiger partial charge in [0.15, 0.2) is 0 Å². The molecule has 1 aromatic heterocycles. The van der Waals surface area contributed by atoms with Crippen molar-refractivity contribution in [1.82, 2.24) is 5.32 Å². The molecule has 1 heterocycles. The number of anilines is 1. The van der Waals surface area contributed by atoms with E-state index in [9.17, 15) is 9.59 Å². The maximum atomic E-state index is 12.3. The average Bonchev–Trinajstić information content (AvgIpc) is 3.17. The summed E-state index contributed by atoms with van der Waals surface area (Å²) in [5.41, 5.74) is 0.774. The van der Waals surface area contributed by atoms with Gasteiger partial charge in [-0.15, -0.1) is 11.8 Å². The zero-order valence-electron chi connectivity index (χ0n) is 15.4. The van der Waals surface area contributed by atoms with Crippen molar-refractivity contribution in [3.8, 4) is 0 Å².